The van der Waals surface area contributed by atoms with Crippen LogP contribution in [0.5, 0.6) is 11.5 Å². The van der Waals surface area contributed by atoms with Crippen LogP contribution in [0.25, 0.3) is 0 Å². The number of aryl methyl sites for hydroxylation is 1. The lowest BCUT2D eigenvalue weighted by Crippen LogP contribution is -2.15. The van der Waals surface area contributed by atoms with Crippen molar-refractivity contribution in [1.82, 2.24) is 15.2 Å². The summed E-state index contributed by atoms with van der Waals surface area (Å²) in [5, 5.41) is 11.6. The van der Waals surface area contributed by atoms with Crippen LogP contribution in [0, 0.1) is 12.7 Å². The van der Waals surface area contributed by atoms with Crippen molar-refractivity contribution in [3.63, 3.8) is 0 Å². The zero-order valence-electron chi connectivity index (χ0n) is 15.3. The van der Waals surface area contributed by atoms with E-state index in [4.69, 9.17) is 9.47 Å². The van der Waals surface area contributed by atoms with E-state index in [0.29, 0.717) is 17.1 Å². The first-order chi connectivity index (χ1) is 13.6. The van der Waals surface area contributed by atoms with Crippen LogP contribution in [-0.2, 0) is 6.61 Å². The molecule has 1 heterocycles. The number of ether oxygens (including phenoxy) is 2. The molecule has 0 amide bonds. The summed E-state index contributed by atoms with van der Waals surface area (Å²) in [6.45, 7) is 1.78. The Bertz CT molecular complexity index is 1030. The van der Waals surface area contributed by atoms with Gasteiger partial charge in [-0.15, -0.1) is 10.2 Å². The lowest BCUT2D eigenvalue weighted by Gasteiger charge is -2.13. The van der Waals surface area contributed by atoms with E-state index in [9.17, 15) is 9.18 Å². The number of nitrogens with zero attached hydrogens (tertiary/aromatic N) is 3. The fraction of sp³-hybridized carbons (Fsp3) is 0.158. The summed E-state index contributed by atoms with van der Waals surface area (Å²) < 4.78 is 24.3. The van der Waals surface area contributed by atoms with Crippen LogP contribution >= 0.6 is 0 Å². The number of aromatic amines is 1. The van der Waals surface area contributed by atoms with Gasteiger partial charge in [-0.2, -0.15) is 5.10 Å². The van der Waals surface area contributed by atoms with E-state index in [1.54, 1.807) is 37.3 Å². The molecule has 0 spiro atoms. The molecule has 144 valence electrons. The number of H-pyrrole nitrogens is 1. The average molecular weight is 383 g/mol. The van der Waals surface area contributed by atoms with Gasteiger partial charge in [-0.05, 0) is 36.8 Å². The van der Waals surface area contributed by atoms with E-state index in [-0.39, 0.29) is 29.6 Å². The molecule has 9 heteroatoms. The van der Waals surface area contributed by atoms with E-state index < -0.39 is 0 Å². The molecule has 28 heavy (non-hydrogen) atoms. The molecule has 2 aromatic carbocycles. The minimum atomic E-state index is -0.350. The maximum atomic E-state index is 13.0. The van der Waals surface area contributed by atoms with Gasteiger partial charge in [0.05, 0.1) is 13.3 Å². The highest BCUT2D eigenvalue weighted by molar-refractivity contribution is 5.85. The third-order valence-corrected chi connectivity index (χ3v) is 3.76. The zero-order valence-corrected chi connectivity index (χ0v) is 15.3. The molecule has 0 bridgehead atoms. The molecule has 0 atom stereocenters. The molecule has 1 aromatic heterocycles. The molecule has 0 saturated heterocycles. The maximum absolute atomic E-state index is 13.0. The predicted molar refractivity (Wildman–Crippen MR) is 102 cm³/mol. The molecular weight excluding hydrogens is 365 g/mol. The molecule has 0 aliphatic heterocycles. The van der Waals surface area contributed by atoms with Gasteiger partial charge in [-0.25, -0.2) is 9.82 Å². The van der Waals surface area contributed by atoms with Gasteiger partial charge in [-0.1, -0.05) is 18.2 Å². The highest BCUT2D eigenvalue weighted by atomic mass is 19.1. The summed E-state index contributed by atoms with van der Waals surface area (Å²) in [5.74, 6) is 0.804. The number of halogens is 1. The summed E-state index contributed by atoms with van der Waals surface area (Å²) >= 11 is 0. The molecule has 8 nitrogen and oxygen atoms in total. The smallest absolute Gasteiger partial charge is 0.274 e. The first kappa shape index (κ1) is 19.0. The minimum absolute atomic E-state index is 0.114. The largest absolute Gasteiger partial charge is 0.493 e. The second kappa shape index (κ2) is 8.76. The molecule has 0 saturated carbocycles. The predicted octanol–water partition coefficient (Wildman–Crippen LogP) is 2.65. The van der Waals surface area contributed by atoms with Crippen LogP contribution in [0.1, 0.15) is 16.8 Å². The number of methoxy groups -OCH3 is 1. The van der Waals surface area contributed by atoms with Gasteiger partial charge in [0.2, 0.25) is 5.95 Å². The summed E-state index contributed by atoms with van der Waals surface area (Å²) in [6, 6.07) is 11.4. The lowest BCUT2D eigenvalue weighted by molar-refractivity contribution is 0.284. The Morgan fingerprint density at radius 2 is 2.00 bits per heavy atom. The Balaban J connectivity index is 1.77. The number of rotatable bonds is 7. The van der Waals surface area contributed by atoms with Crippen molar-refractivity contribution in [3.05, 3.63) is 75.5 Å². The number of para-hydroxylation sites is 1. The molecular formula is C19H18FN5O3. The molecule has 0 radical (unpaired) electrons. The van der Waals surface area contributed by atoms with Crippen molar-refractivity contribution in [2.24, 2.45) is 5.10 Å². The molecule has 0 unspecified atom stereocenters. The van der Waals surface area contributed by atoms with Crippen LogP contribution < -0.4 is 20.5 Å². The van der Waals surface area contributed by atoms with E-state index in [1.165, 1.54) is 25.5 Å². The maximum Gasteiger partial charge on any atom is 0.274 e. The van der Waals surface area contributed by atoms with E-state index >= 15 is 0 Å². The first-order valence-corrected chi connectivity index (χ1v) is 8.33. The van der Waals surface area contributed by atoms with Crippen LogP contribution in [0.3, 0.4) is 0 Å². The number of nitrogens with one attached hydrogen (secondary N) is 2. The van der Waals surface area contributed by atoms with Gasteiger partial charge in [0.25, 0.3) is 5.56 Å². The SMILES string of the molecule is COc1cccc(/C=N/Nc2nnc(C)c(=O)[nH]2)c1OCc1ccc(F)cc1. The van der Waals surface area contributed by atoms with E-state index in [2.05, 4.69) is 25.7 Å². The summed E-state index contributed by atoms with van der Waals surface area (Å²) in [4.78, 5) is 14.1. The Hall–Kier alpha value is -3.75. The van der Waals surface area contributed by atoms with Gasteiger partial charge in [0.15, 0.2) is 11.5 Å². The second-order valence-corrected chi connectivity index (χ2v) is 5.75. The molecule has 0 aliphatic rings. The molecule has 0 aliphatic carbocycles. The number of benzene rings is 2. The Labute approximate surface area is 160 Å². The molecule has 3 aromatic rings. The van der Waals surface area contributed by atoms with E-state index in [0.717, 1.165) is 5.56 Å². The number of anilines is 1. The minimum Gasteiger partial charge on any atom is -0.493 e. The average Bonchev–Trinajstić information content (AvgIpc) is 2.70. The summed E-state index contributed by atoms with van der Waals surface area (Å²) in [7, 11) is 1.53. The standard InChI is InChI=1S/C19H18FN5O3/c1-12-18(26)22-19(25-23-12)24-21-10-14-4-3-5-16(27-2)17(14)28-11-13-6-8-15(20)9-7-13/h3-10H,11H2,1-2H3,(H2,22,24,25,26)/b21-10+. The Morgan fingerprint density at radius 3 is 2.71 bits per heavy atom. The Morgan fingerprint density at radius 1 is 1.21 bits per heavy atom. The van der Waals surface area contributed by atoms with Crippen molar-refractivity contribution in [3.8, 4) is 11.5 Å². The van der Waals surface area contributed by atoms with Crippen molar-refractivity contribution in [2.45, 2.75) is 13.5 Å². The molecule has 2 N–H and O–H groups in total. The normalized spacial score (nSPS) is 10.8. The second-order valence-electron chi connectivity index (χ2n) is 5.75. The van der Waals surface area contributed by atoms with Crippen molar-refractivity contribution >= 4 is 12.2 Å². The van der Waals surface area contributed by atoms with Gasteiger partial charge >= 0.3 is 0 Å². The van der Waals surface area contributed by atoms with Gasteiger partial charge in [-0.3, -0.25) is 9.78 Å². The number of aromatic nitrogens is 3. The third kappa shape index (κ3) is 4.70. The monoisotopic (exact) mass is 383 g/mol. The fourth-order valence-electron chi connectivity index (χ4n) is 2.29. The number of hydrazone groups is 1. The van der Waals surface area contributed by atoms with E-state index in [1.807, 2.05) is 0 Å². The van der Waals surface area contributed by atoms with Gasteiger partial charge in [0, 0.05) is 5.56 Å². The van der Waals surface area contributed by atoms with Crippen molar-refractivity contribution < 1.29 is 13.9 Å². The highest BCUT2D eigenvalue weighted by Gasteiger charge is 2.10. The lowest BCUT2D eigenvalue weighted by atomic mass is 10.2. The highest BCUT2D eigenvalue weighted by Crippen LogP contribution is 2.30. The summed E-state index contributed by atoms with van der Waals surface area (Å²) in [6.07, 6.45) is 1.50. The van der Waals surface area contributed by atoms with Crippen LogP contribution in [-0.4, -0.2) is 28.5 Å². The van der Waals surface area contributed by atoms with Crippen LogP contribution in [0.4, 0.5) is 10.3 Å². The summed E-state index contributed by atoms with van der Waals surface area (Å²) in [5.41, 5.74) is 3.96. The van der Waals surface area contributed by atoms with Gasteiger partial charge < -0.3 is 9.47 Å². The molecule has 0 fully saturated rings. The Kier molecular flexibility index (Phi) is 5.95. The zero-order chi connectivity index (χ0) is 19.9. The van der Waals surface area contributed by atoms with Crippen molar-refractivity contribution in [2.75, 3.05) is 12.5 Å². The number of hydrogen-bond donors (Lipinski definition) is 2. The van der Waals surface area contributed by atoms with Crippen molar-refractivity contribution in [1.29, 1.82) is 0 Å². The third-order valence-electron chi connectivity index (χ3n) is 3.76. The quantitative estimate of drug-likeness (QED) is 0.480. The van der Waals surface area contributed by atoms with Gasteiger partial charge in [0.1, 0.15) is 18.1 Å². The fourth-order valence-corrected chi connectivity index (χ4v) is 2.29. The topological polar surface area (TPSA) is 101 Å². The number of hydrogen-bond acceptors (Lipinski definition) is 7. The first-order valence-electron chi connectivity index (χ1n) is 8.33. The molecule has 3 rings (SSSR count). The van der Waals surface area contributed by atoms with Crippen LogP contribution in [0.2, 0.25) is 0 Å². The van der Waals surface area contributed by atoms with Crippen LogP contribution in [0.15, 0.2) is 52.4 Å².